The van der Waals surface area contributed by atoms with Gasteiger partial charge in [0.25, 0.3) is 0 Å². The highest BCUT2D eigenvalue weighted by molar-refractivity contribution is 7.13. The van der Waals surface area contributed by atoms with Crippen molar-refractivity contribution in [2.45, 2.75) is 19.6 Å². The van der Waals surface area contributed by atoms with Crippen LogP contribution in [0.15, 0.2) is 29.6 Å². The molecule has 0 amide bonds. The summed E-state index contributed by atoms with van der Waals surface area (Å²) in [5.74, 6) is 0.917. The van der Waals surface area contributed by atoms with Crippen LogP contribution in [0.1, 0.15) is 12.6 Å². The van der Waals surface area contributed by atoms with Gasteiger partial charge >= 0.3 is 0 Å². The monoisotopic (exact) mass is 319 g/mol. The van der Waals surface area contributed by atoms with Crippen molar-refractivity contribution in [1.82, 2.24) is 4.98 Å². The van der Waals surface area contributed by atoms with Crippen LogP contribution >= 0.6 is 11.3 Å². The molecule has 5 nitrogen and oxygen atoms in total. The Kier molecular flexibility index (Phi) is 4.49. The van der Waals surface area contributed by atoms with E-state index < -0.39 is 0 Å². The molecule has 1 aromatic heterocycles. The number of hydrogen-bond acceptors (Lipinski definition) is 6. The molecule has 0 unspecified atom stereocenters. The Morgan fingerprint density at radius 3 is 2.86 bits per heavy atom. The molecule has 1 saturated heterocycles. The second kappa shape index (κ2) is 6.54. The Balaban J connectivity index is 1.74. The summed E-state index contributed by atoms with van der Waals surface area (Å²) in [7, 11) is 1.71. The van der Waals surface area contributed by atoms with E-state index in [-0.39, 0.29) is 6.61 Å². The van der Waals surface area contributed by atoms with Crippen LogP contribution in [-0.4, -0.2) is 42.9 Å². The molecule has 0 radical (unpaired) electrons. The van der Waals surface area contributed by atoms with Crippen molar-refractivity contribution in [3.63, 3.8) is 0 Å². The molecule has 1 aromatic carbocycles. The molecule has 22 heavy (non-hydrogen) atoms. The molecule has 0 saturated carbocycles. The van der Waals surface area contributed by atoms with E-state index in [1.54, 1.807) is 18.4 Å². The maximum absolute atomic E-state index is 9.17. The van der Waals surface area contributed by atoms with Crippen LogP contribution in [0.25, 0.3) is 0 Å². The van der Waals surface area contributed by atoms with Crippen molar-refractivity contribution >= 4 is 22.2 Å². The molecule has 0 spiro atoms. The molecule has 0 bridgehead atoms. The van der Waals surface area contributed by atoms with E-state index in [0.717, 1.165) is 41.9 Å². The minimum Gasteiger partial charge on any atom is -0.495 e. The van der Waals surface area contributed by atoms with Gasteiger partial charge < -0.3 is 19.6 Å². The topological polar surface area (TPSA) is 48.8 Å². The first-order valence-corrected chi connectivity index (χ1v) is 8.30. The molecule has 2 heterocycles. The van der Waals surface area contributed by atoms with E-state index in [9.17, 15) is 0 Å². The lowest BCUT2D eigenvalue weighted by Gasteiger charge is -2.41. The fraction of sp³-hybridized carbons (Fsp3) is 0.438. The molecular formula is C16H21N3O2S. The molecule has 1 aliphatic heterocycles. The van der Waals surface area contributed by atoms with Crippen molar-refractivity contribution in [1.29, 1.82) is 0 Å². The highest BCUT2D eigenvalue weighted by atomic mass is 32.1. The Hall–Kier alpha value is -1.79. The van der Waals surface area contributed by atoms with Gasteiger partial charge in [-0.3, -0.25) is 0 Å². The molecule has 1 aliphatic rings. The van der Waals surface area contributed by atoms with E-state index in [1.165, 1.54) is 0 Å². The summed E-state index contributed by atoms with van der Waals surface area (Å²) in [6.07, 6.45) is 0. The summed E-state index contributed by atoms with van der Waals surface area (Å²) in [5, 5.41) is 12.1. The Morgan fingerprint density at radius 2 is 2.18 bits per heavy atom. The molecule has 118 valence electrons. The number of thiazole rings is 1. The van der Waals surface area contributed by atoms with Crippen LogP contribution < -0.4 is 14.5 Å². The number of methoxy groups -OCH3 is 1. The van der Waals surface area contributed by atoms with Gasteiger partial charge in [-0.25, -0.2) is 4.98 Å². The average molecular weight is 319 g/mol. The number of aromatic nitrogens is 1. The fourth-order valence-corrected chi connectivity index (χ4v) is 3.80. The van der Waals surface area contributed by atoms with Gasteiger partial charge in [0.15, 0.2) is 5.13 Å². The number of rotatable bonds is 4. The first kappa shape index (κ1) is 15.1. The molecule has 1 N–H and O–H groups in total. The van der Waals surface area contributed by atoms with Crippen LogP contribution in [0, 0.1) is 0 Å². The third-order valence-corrected chi connectivity index (χ3v) is 4.93. The number of para-hydroxylation sites is 2. The molecular weight excluding hydrogens is 298 g/mol. The lowest BCUT2D eigenvalue weighted by Crippen LogP contribution is -2.52. The summed E-state index contributed by atoms with van der Waals surface area (Å²) in [5.41, 5.74) is 1.89. The predicted octanol–water partition coefficient (Wildman–Crippen LogP) is 2.36. The van der Waals surface area contributed by atoms with Gasteiger partial charge in [0.2, 0.25) is 0 Å². The summed E-state index contributed by atoms with van der Waals surface area (Å²) < 4.78 is 5.47. The Bertz CT molecular complexity index is 631. The zero-order valence-electron chi connectivity index (χ0n) is 12.9. The van der Waals surface area contributed by atoms with Gasteiger partial charge in [0.1, 0.15) is 5.75 Å². The molecule has 0 aliphatic carbocycles. The second-order valence-corrected chi connectivity index (χ2v) is 6.28. The summed E-state index contributed by atoms with van der Waals surface area (Å²) in [4.78, 5) is 9.16. The van der Waals surface area contributed by atoms with Crippen LogP contribution in [0.2, 0.25) is 0 Å². The van der Waals surface area contributed by atoms with Crippen molar-refractivity contribution in [2.24, 2.45) is 0 Å². The highest BCUT2D eigenvalue weighted by Crippen LogP contribution is 2.31. The minimum absolute atomic E-state index is 0.00601. The SMILES string of the molecule is COc1ccccc1N1CCN(c2nc(CO)cs2)[C@H](C)C1. The van der Waals surface area contributed by atoms with Gasteiger partial charge in [-0.1, -0.05) is 12.1 Å². The van der Waals surface area contributed by atoms with Crippen LogP contribution in [0.5, 0.6) is 5.75 Å². The third kappa shape index (κ3) is 2.89. The normalized spacial score (nSPS) is 18.6. The van der Waals surface area contributed by atoms with E-state index in [4.69, 9.17) is 9.84 Å². The Morgan fingerprint density at radius 1 is 1.36 bits per heavy atom. The maximum Gasteiger partial charge on any atom is 0.185 e. The highest BCUT2D eigenvalue weighted by Gasteiger charge is 2.27. The van der Waals surface area contributed by atoms with Gasteiger partial charge in [-0.05, 0) is 19.1 Å². The van der Waals surface area contributed by atoms with Crippen LogP contribution in [-0.2, 0) is 6.61 Å². The number of aliphatic hydroxyl groups is 1. The largest absolute Gasteiger partial charge is 0.495 e. The molecule has 1 atom stereocenters. The first-order chi connectivity index (χ1) is 10.7. The smallest absolute Gasteiger partial charge is 0.185 e. The number of aliphatic hydroxyl groups excluding tert-OH is 1. The van der Waals surface area contributed by atoms with Crippen molar-refractivity contribution in [2.75, 3.05) is 36.5 Å². The summed E-state index contributed by atoms with van der Waals surface area (Å²) in [6.45, 7) is 4.98. The van der Waals surface area contributed by atoms with Crippen LogP contribution in [0.4, 0.5) is 10.8 Å². The Labute approximate surface area is 134 Å². The zero-order chi connectivity index (χ0) is 15.5. The molecule has 3 rings (SSSR count). The molecule has 1 fully saturated rings. The van der Waals surface area contributed by atoms with Gasteiger partial charge in [-0.2, -0.15) is 0 Å². The molecule has 2 aromatic rings. The van der Waals surface area contributed by atoms with Crippen molar-refractivity contribution in [3.05, 3.63) is 35.3 Å². The van der Waals surface area contributed by atoms with Gasteiger partial charge in [0.05, 0.1) is 25.1 Å². The van der Waals surface area contributed by atoms with E-state index in [1.807, 2.05) is 23.6 Å². The third-order valence-electron chi connectivity index (χ3n) is 4.00. The first-order valence-electron chi connectivity index (χ1n) is 7.42. The number of anilines is 2. The number of ether oxygens (including phenoxy) is 1. The molecule has 6 heteroatoms. The van der Waals surface area contributed by atoms with Crippen molar-refractivity contribution < 1.29 is 9.84 Å². The van der Waals surface area contributed by atoms with E-state index in [0.29, 0.717) is 6.04 Å². The standard InChI is InChI=1S/C16H21N3O2S/c1-12-9-18(14-5-3-4-6-15(14)21-2)7-8-19(12)16-17-13(10-20)11-22-16/h3-6,11-12,20H,7-10H2,1-2H3/t12-/m1/s1. The van der Waals surface area contributed by atoms with E-state index in [2.05, 4.69) is 27.8 Å². The quantitative estimate of drug-likeness (QED) is 0.937. The summed E-state index contributed by atoms with van der Waals surface area (Å²) in [6, 6.07) is 8.50. The fourth-order valence-electron chi connectivity index (χ4n) is 2.85. The van der Waals surface area contributed by atoms with Gasteiger partial charge in [0, 0.05) is 31.1 Å². The van der Waals surface area contributed by atoms with E-state index >= 15 is 0 Å². The lowest BCUT2D eigenvalue weighted by atomic mass is 10.1. The summed E-state index contributed by atoms with van der Waals surface area (Å²) >= 11 is 1.60. The maximum atomic E-state index is 9.17. The second-order valence-electron chi connectivity index (χ2n) is 5.44. The minimum atomic E-state index is 0.00601. The van der Waals surface area contributed by atoms with Gasteiger partial charge in [-0.15, -0.1) is 11.3 Å². The van der Waals surface area contributed by atoms with Crippen LogP contribution in [0.3, 0.4) is 0 Å². The number of hydrogen-bond donors (Lipinski definition) is 1. The number of piperazine rings is 1. The van der Waals surface area contributed by atoms with Crippen molar-refractivity contribution in [3.8, 4) is 5.75 Å². The number of nitrogens with zero attached hydrogens (tertiary/aromatic N) is 3. The average Bonchev–Trinajstić information content (AvgIpc) is 3.03. The number of benzene rings is 1. The zero-order valence-corrected chi connectivity index (χ0v) is 13.7. The predicted molar refractivity (Wildman–Crippen MR) is 90.1 cm³/mol. The lowest BCUT2D eigenvalue weighted by molar-refractivity contribution is 0.277.